The van der Waals surface area contributed by atoms with Crippen LogP contribution in [0.25, 0.3) is 0 Å². The summed E-state index contributed by atoms with van der Waals surface area (Å²) in [5, 5.41) is 4.31. The SMILES string of the molecule is Cl.Cl.Clc1cccc(C2CCCC2CCN2CCNCC2)c1. The number of nitrogens with one attached hydrogen (secondary N) is 1. The summed E-state index contributed by atoms with van der Waals surface area (Å²) in [7, 11) is 0. The lowest BCUT2D eigenvalue weighted by atomic mass is 9.86. The minimum Gasteiger partial charge on any atom is -0.314 e. The second kappa shape index (κ2) is 10.00. The average molecular weight is 366 g/mol. The van der Waals surface area contributed by atoms with Crippen LogP contribution in [0.2, 0.25) is 5.02 Å². The van der Waals surface area contributed by atoms with Gasteiger partial charge in [0.25, 0.3) is 0 Å². The Morgan fingerprint density at radius 3 is 2.64 bits per heavy atom. The molecular formula is C17H27Cl3N2. The molecule has 2 atom stereocenters. The van der Waals surface area contributed by atoms with Gasteiger partial charge in [-0.3, -0.25) is 0 Å². The number of nitrogens with zero attached hydrogens (tertiary/aromatic N) is 1. The fourth-order valence-corrected chi connectivity index (χ4v) is 4.04. The van der Waals surface area contributed by atoms with Gasteiger partial charge in [-0.05, 0) is 55.3 Å². The molecule has 3 rings (SSSR count). The molecule has 1 aromatic rings. The smallest absolute Gasteiger partial charge is 0.0408 e. The van der Waals surface area contributed by atoms with Gasteiger partial charge in [-0.15, -0.1) is 24.8 Å². The van der Waals surface area contributed by atoms with Crippen LogP contribution >= 0.6 is 36.4 Å². The van der Waals surface area contributed by atoms with Crippen LogP contribution in [-0.4, -0.2) is 37.6 Å². The largest absolute Gasteiger partial charge is 0.314 e. The van der Waals surface area contributed by atoms with Gasteiger partial charge in [-0.1, -0.05) is 30.2 Å². The van der Waals surface area contributed by atoms with Crippen LogP contribution in [0.1, 0.15) is 37.2 Å². The zero-order chi connectivity index (χ0) is 13.8. The molecule has 1 heterocycles. The molecule has 1 saturated carbocycles. The first-order valence-electron chi connectivity index (χ1n) is 8.01. The molecule has 0 aromatic heterocycles. The van der Waals surface area contributed by atoms with Crippen LogP contribution in [0.3, 0.4) is 0 Å². The highest BCUT2D eigenvalue weighted by molar-refractivity contribution is 6.30. The van der Waals surface area contributed by atoms with Gasteiger partial charge in [0.05, 0.1) is 0 Å². The van der Waals surface area contributed by atoms with E-state index in [2.05, 4.69) is 28.4 Å². The van der Waals surface area contributed by atoms with Crippen LogP contribution in [-0.2, 0) is 0 Å². The number of hydrogen-bond acceptors (Lipinski definition) is 2. The van der Waals surface area contributed by atoms with E-state index in [1.807, 2.05) is 6.07 Å². The third kappa shape index (κ3) is 5.28. The van der Waals surface area contributed by atoms with Crippen molar-refractivity contribution in [3.63, 3.8) is 0 Å². The summed E-state index contributed by atoms with van der Waals surface area (Å²) in [5.41, 5.74) is 1.46. The third-order valence-corrected chi connectivity index (χ3v) is 5.20. The Morgan fingerprint density at radius 1 is 1.14 bits per heavy atom. The van der Waals surface area contributed by atoms with E-state index in [9.17, 15) is 0 Å². The Morgan fingerprint density at radius 2 is 1.91 bits per heavy atom. The molecule has 0 amide bonds. The molecule has 22 heavy (non-hydrogen) atoms. The summed E-state index contributed by atoms with van der Waals surface area (Å²) < 4.78 is 0. The topological polar surface area (TPSA) is 15.3 Å². The molecule has 1 saturated heterocycles. The molecule has 0 radical (unpaired) electrons. The highest BCUT2D eigenvalue weighted by atomic mass is 35.5. The molecule has 0 spiro atoms. The Balaban J connectivity index is 0.00000121. The van der Waals surface area contributed by atoms with Gasteiger partial charge in [-0.2, -0.15) is 0 Å². The van der Waals surface area contributed by atoms with E-state index in [0.717, 1.165) is 29.9 Å². The zero-order valence-corrected chi connectivity index (χ0v) is 15.4. The van der Waals surface area contributed by atoms with Gasteiger partial charge in [0.2, 0.25) is 0 Å². The zero-order valence-electron chi connectivity index (χ0n) is 13.0. The molecule has 1 aromatic carbocycles. The van der Waals surface area contributed by atoms with Crippen molar-refractivity contribution < 1.29 is 0 Å². The molecular weight excluding hydrogens is 339 g/mol. The molecule has 126 valence electrons. The summed E-state index contributed by atoms with van der Waals surface area (Å²) >= 11 is 6.15. The lowest BCUT2D eigenvalue weighted by molar-refractivity contribution is 0.220. The fraction of sp³-hybridized carbons (Fsp3) is 0.647. The molecule has 5 heteroatoms. The minimum atomic E-state index is 0. The maximum atomic E-state index is 6.15. The maximum absolute atomic E-state index is 6.15. The lowest BCUT2D eigenvalue weighted by Gasteiger charge is -2.29. The Kier molecular flexibility index (Phi) is 9.11. The first-order valence-corrected chi connectivity index (χ1v) is 8.39. The molecule has 2 nitrogen and oxygen atoms in total. The van der Waals surface area contributed by atoms with Crippen LogP contribution < -0.4 is 5.32 Å². The summed E-state index contributed by atoms with van der Waals surface area (Å²) in [6.07, 6.45) is 5.45. The van der Waals surface area contributed by atoms with Gasteiger partial charge in [0.15, 0.2) is 0 Å². The first kappa shape index (κ1) is 20.1. The van der Waals surface area contributed by atoms with Crippen molar-refractivity contribution in [1.82, 2.24) is 10.2 Å². The summed E-state index contributed by atoms with van der Waals surface area (Å²) in [6.45, 7) is 6.01. The number of benzene rings is 1. The van der Waals surface area contributed by atoms with Gasteiger partial charge >= 0.3 is 0 Å². The third-order valence-electron chi connectivity index (χ3n) is 4.96. The van der Waals surface area contributed by atoms with E-state index in [-0.39, 0.29) is 24.8 Å². The molecule has 0 bridgehead atoms. The quantitative estimate of drug-likeness (QED) is 0.852. The Labute approximate surface area is 151 Å². The van der Waals surface area contributed by atoms with Crippen molar-refractivity contribution in [3.05, 3.63) is 34.9 Å². The van der Waals surface area contributed by atoms with E-state index in [4.69, 9.17) is 11.6 Å². The van der Waals surface area contributed by atoms with Crippen molar-refractivity contribution in [2.75, 3.05) is 32.7 Å². The second-order valence-electron chi connectivity index (χ2n) is 6.23. The fourth-order valence-electron chi connectivity index (χ4n) is 3.84. The molecule has 2 fully saturated rings. The maximum Gasteiger partial charge on any atom is 0.0408 e. The predicted molar refractivity (Wildman–Crippen MR) is 100.0 cm³/mol. The van der Waals surface area contributed by atoms with E-state index >= 15 is 0 Å². The van der Waals surface area contributed by atoms with E-state index in [0.29, 0.717) is 0 Å². The Hall–Kier alpha value is 0.01000. The van der Waals surface area contributed by atoms with Gasteiger partial charge in [-0.25, -0.2) is 0 Å². The molecule has 1 aliphatic carbocycles. The van der Waals surface area contributed by atoms with Crippen molar-refractivity contribution in [1.29, 1.82) is 0 Å². The van der Waals surface area contributed by atoms with Crippen LogP contribution in [0.5, 0.6) is 0 Å². The number of rotatable bonds is 4. The first-order chi connectivity index (χ1) is 9.83. The number of hydrogen-bond donors (Lipinski definition) is 1. The predicted octanol–water partition coefficient (Wildman–Crippen LogP) is 4.36. The van der Waals surface area contributed by atoms with Crippen molar-refractivity contribution in [2.24, 2.45) is 5.92 Å². The number of halogens is 3. The molecule has 1 aliphatic heterocycles. The van der Waals surface area contributed by atoms with Crippen molar-refractivity contribution in [3.8, 4) is 0 Å². The highest BCUT2D eigenvalue weighted by Gasteiger charge is 2.28. The van der Waals surface area contributed by atoms with Crippen molar-refractivity contribution >= 4 is 36.4 Å². The normalized spacial score (nSPS) is 25.3. The van der Waals surface area contributed by atoms with E-state index < -0.39 is 0 Å². The standard InChI is InChI=1S/C17H25ClN2.2ClH/c18-16-5-1-4-15(13-16)17-6-2-3-14(17)7-10-20-11-8-19-9-12-20;;/h1,4-5,13-14,17,19H,2-3,6-12H2;2*1H. The van der Waals surface area contributed by atoms with Crippen molar-refractivity contribution in [2.45, 2.75) is 31.6 Å². The van der Waals surface area contributed by atoms with Gasteiger partial charge in [0.1, 0.15) is 0 Å². The monoisotopic (exact) mass is 364 g/mol. The van der Waals surface area contributed by atoms with Crippen LogP contribution in [0.15, 0.2) is 24.3 Å². The molecule has 2 unspecified atom stereocenters. The highest BCUT2D eigenvalue weighted by Crippen LogP contribution is 2.42. The second-order valence-corrected chi connectivity index (χ2v) is 6.67. The average Bonchev–Trinajstić information content (AvgIpc) is 2.95. The minimum absolute atomic E-state index is 0. The van der Waals surface area contributed by atoms with Gasteiger partial charge < -0.3 is 10.2 Å². The van der Waals surface area contributed by atoms with Crippen LogP contribution in [0.4, 0.5) is 0 Å². The van der Waals surface area contributed by atoms with Gasteiger partial charge in [0, 0.05) is 31.2 Å². The number of piperazine rings is 1. The van der Waals surface area contributed by atoms with E-state index in [1.54, 1.807) is 0 Å². The van der Waals surface area contributed by atoms with E-state index in [1.165, 1.54) is 50.9 Å². The lowest BCUT2D eigenvalue weighted by Crippen LogP contribution is -2.44. The summed E-state index contributed by atoms with van der Waals surface area (Å²) in [4.78, 5) is 2.61. The molecule has 1 N–H and O–H groups in total. The Bertz CT molecular complexity index is 436. The molecule has 2 aliphatic rings. The summed E-state index contributed by atoms with van der Waals surface area (Å²) in [5.74, 6) is 1.58. The summed E-state index contributed by atoms with van der Waals surface area (Å²) in [6, 6.07) is 8.52. The van der Waals surface area contributed by atoms with Crippen LogP contribution in [0, 0.1) is 5.92 Å².